The highest BCUT2D eigenvalue weighted by molar-refractivity contribution is 14.1. The van der Waals surface area contributed by atoms with E-state index in [4.69, 9.17) is 0 Å². The quantitative estimate of drug-likeness (QED) is 0.152. The van der Waals surface area contributed by atoms with Gasteiger partial charge in [0.05, 0.1) is 12.1 Å². The van der Waals surface area contributed by atoms with Crippen LogP contribution in [0.15, 0.2) is 66.8 Å². The molecule has 222 valence electrons. The molecular weight excluding hydrogens is 662 g/mol. The summed E-state index contributed by atoms with van der Waals surface area (Å²) in [6.07, 6.45) is 3.88. The van der Waals surface area contributed by atoms with E-state index in [0.717, 1.165) is 16.7 Å². The summed E-state index contributed by atoms with van der Waals surface area (Å²) >= 11 is 2.25. The molecule has 3 atom stereocenters. The molecule has 0 radical (unpaired) electrons. The van der Waals surface area contributed by atoms with Crippen LogP contribution in [0, 0.1) is 6.92 Å². The molecule has 1 N–H and O–H groups in total. The summed E-state index contributed by atoms with van der Waals surface area (Å²) < 4.78 is 16.5. The highest BCUT2D eigenvalue weighted by atomic mass is 127. The number of alkyl halides is 1. The van der Waals surface area contributed by atoms with E-state index in [0.29, 0.717) is 28.7 Å². The Balaban J connectivity index is 1.37. The van der Waals surface area contributed by atoms with Crippen LogP contribution < -0.4 is 5.32 Å². The second kappa shape index (κ2) is 12.7. The molecule has 11 heteroatoms. The first-order chi connectivity index (χ1) is 20.5. The number of carbonyl (C=O) groups excluding carboxylic acids is 3. The number of nitrogens with zero attached hydrogens (tertiary/aromatic N) is 5. The molecule has 5 rings (SSSR count). The maximum absolute atomic E-state index is 14.9. The van der Waals surface area contributed by atoms with Crippen LogP contribution in [-0.2, 0) is 16.1 Å². The molecule has 43 heavy (non-hydrogen) atoms. The fourth-order valence-electron chi connectivity index (χ4n) is 5.37. The molecule has 1 fully saturated rings. The van der Waals surface area contributed by atoms with E-state index < -0.39 is 17.8 Å². The summed E-state index contributed by atoms with van der Waals surface area (Å²) in [7, 11) is 0. The van der Waals surface area contributed by atoms with Crippen LogP contribution >= 0.6 is 22.6 Å². The van der Waals surface area contributed by atoms with Crippen molar-refractivity contribution in [3.8, 4) is 11.1 Å². The number of aromatic nitrogens is 4. The largest absolute Gasteiger partial charge is 0.348 e. The zero-order valence-electron chi connectivity index (χ0n) is 24.3. The number of Topliss-reactive ketones (excluding diaryl/α,β-unsaturated/α-hetero) is 1. The summed E-state index contributed by atoms with van der Waals surface area (Å²) in [4.78, 5) is 49.7. The first-order valence-corrected chi connectivity index (χ1v) is 15.2. The van der Waals surface area contributed by atoms with Gasteiger partial charge in [-0.05, 0) is 56.0 Å². The molecular formula is C32H32FIN6O3. The summed E-state index contributed by atoms with van der Waals surface area (Å²) in [5, 5.41) is 7.81. The van der Waals surface area contributed by atoms with Crippen LogP contribution in [0.3, 0.4) is 0 Å². The van der Waals surface area contributed by atoms with Crippen LogP contribution in [0.5, 0.6) is 0 Å². The monoisotopic (exact) mass is 694 g/mol. The van der Waals surface area contributed by atoms with E-state index in [9.17, 15) is 18.8 Å². The summed E-state index contributed by atoms with van der Waals surface area (Å²) in [6, 6.07) is 13.7. The molecule has 1 aliphatic heterocycles. The number of rotatable bonds is 8. The molecule has 2 aromatic carbocycles. The van der Waals surface area contributed by atoms with E-state index >= 15 is 0 Å². The Bertz CT molecular complexity index is 1720. The van der Waals surface area contributed by atoms with Gasteiger partial charge in [-0.2, -0.15) is 5.10 Å². The summed E-state index contributed by atoms with van der Waals surface area (Å²) in [6.45, 7) is 6.40. The van der Waals surface area contributed by atoms with Crippen molar-refractivity contribution < 1.29 is 18.8 Å². The standard InChI is InChI=1S/C32H32FIN6O3/c1-18(22-8-6-5-7-9-22)26(33)16-37-32(43)29-13-27(34)19(2)40(29)30(42)17-39-28-11-10-23(24-14-35-21(4)36-15-24)12-25(28)31(38-39)20(3)41/h5-12,14-15,19,27,29H,13,16-17H2,1-4H3,(H,37,43)/b26-18+/t19-,27-,29+/m1/s1. The first kappa shape index (κ1) is 30.5. The number of halogens is 2. The Morgan fingerprint density at radius 3 is 2.42 bits per heavy atom. The van der Waals surface area contributed by atoms with E-state index in [-0.39, 0.29) is 40.4 Å². The third-order valence-electron chi connectivity index (χ3n) is 7.85. The lowest BCUT2D eigenvalue weighted by molar-refractivity contribution is -0.140. The van der Waals surface area contributed by atoms with Crippen molar-refractivity contribution in [1.82, 2.24) is 30.0 Å². The van der Waals surface area contributed by atoms with Gasteiger partial charge in [0.25, 0.3) is 0 Å². The SMILES string of the molecule is CC(=O)c1nn(CC(=O)N2[C@H](C)[C@H](I)C[C@H]2C(=O)NC/C(F)=C(/C)c2ccccc2)c2ccc(-c3cnc(C)nc3)cc12. The van der Waals surface area contributed by atoms with Gasteiger partial charge < -0.3 is 10.2 Å². The highest BCUT2D eigenvalue weighted by Crippen LogP contribution is 2.32. The van der Waals surface area contributed by atoms with Gasteiger partial charge in [0.2, 0.25) is 11.8 Å². The molecule has 2 aromatic heterocycles. The van der Waals surface area contributed by atoms with E-state index in [1.165, 1.54) is 11.6 Å². The normalized spacial score (nSPS) is 18.9. The van der Waals surface area contributed by atoms with Crippen LogP contribution in [0.4, 0.5) is 4.39 Å². The second-order valence-corrected chi connectivity index (χ2v) is 12.3. The number of fused-ring (bicyclic) bond motifs is 1. The maximum Gasteiger partial charge on any atom is 0.245 e. The predicted octanol–water partition coefficient (Wildman–Crippen LogP) is 5.31. The van der Waals surface area contributed by atoms with Gasteiger partial charge >= 0.3 is 0 Å². The van der Waals surface area contributed by atoms with Gasteiger partial charge in [0, 0.05) is 40.2 Å². The van der Waals surface area contributed by atoms with Gasteiger partial charge in [-0.25, -0.2) is 14.4 Å². The zero-order valence-corrected chi connectivity index (χ0v) is 26.5. The Hall–Kier alpha value is -4.00. The topological polar surface area (TPSA) is 110 Å². The number of nitrogens with one attached hydrogen (secondary N) is 1. The minimum Gasteiger partial charge on any atom is -0.348 e. The number of likely N-dealkylation sites (tertiary alicyclic amines) is 1. The number of amides is 2. The van der Waals surface area contributed by atoms with Gasteiger partial charge in [-0.1, -0.05) is 59.0 Å². The lowest BCUT2D eigenvalue weighted by Gasteiger charge is -2.28. The molecule has 0 aliphatic carbocycles. The maximum atomic E-state index is 14.9. The molecule has 3 heterocycles. The van der Waals surface area contributed by atoms with Crippen molar-refractivity contribution in [1.29, 1.82) is 0 Å². The average molecular weight is 695 g/mol. The van der Waals surface area contributed by atoms with Crippen molar-refractivity contribution in [3.63, 3.8) is 0 Å². The van der Waals surface area contributed by atoms with Crippen LogP contribution in [0.2, 0.25) is 0 Å². The Labute approximate surface area is 262 Å². The van der Waals surface area contributed by atoms with E-state index in [2.05, 4.69) is 43.0 Å². The van der Waals surface area contributed by atoms with Crippen molar-refractivity contribution in [2.45, 2.75) is 56.7 Å². The Kier molecular flexibility index (Phi) is 9.00. The number of hydrogen-bond acceptors (Lipinski definition) is 6. The molecule has 1 aliphatic rings. The third kappa shape index (κ3) is 6.36. The number of hydrogen-bond donors (Lipinski definition) is 1. The zero-order chi connectivity index (χ0) is 30.8. The van der Waals surface area contributed by atoms with Crippen molar-refractivity contribution >= 4 is 56.7 Å². The minimum absolute atomic E-state index is 0.0326. The molecule has 4 aromatic rings. The van der Waals surface area contributed by atoms with Crippen molar-refractivity contribution in [2.24, 2.45) is 0 Å². The molecule has 2 amide bonds. The average Bonchev–Trinajstić information content (AvgIpc) is 3.52. The fraction of sp³-hybridized carbons (Fsp3) is 0.312. The third-order valence-corrected chi connectivity index (χ3v) is 9.40. The molecule has 0 saturated carbocycles. The fourth-order valence-corrected chi connectivity index (χ4v) is 6.20. The number of aryl methyl sites for hydroxylation is 1. The van der Waals surface area contributed by atoms with Crippen LogP contribution in [0.25, 0.3) is 27.6 Å². The number of ketones is 1. The van der Waals surface area contributed by atoms with Crippen LogP contribution in [-0.4, -0.2) is 64.8 Å². The van der Waals surface area contributed by atoms with Crippen LogP contribution in [0.1, 0.15) is 49.1 Å². The predicted molar refractivity (Wildman–Crippen MR) is 171 cm³/mol. The number of allylic oxidation sites excluding steroid dienone is 1. The molecule has 0 unspecified atom stereocenters. The minimum atomic E-state index is -0.753. The first-order valence-electron chi connectivity index (χ1n) is 14.0. The van der Waals surface area contributed by atoms with Gasteiger partial charge in [-0.15, -0.1) is 0 Å². The summed E-state index contributed by atoms with van der Waals surface area (Å²) in [5.41, 5.74) is 3.68. The number of benzene rings is 2. The molecule has 0 bridgehead atoms. The van der Waals surface area contributed by atoms with E-state index in [1.807, 2.05) is 55.5 Å². The van der Waals surface area contributed by atoms with Crippen molar-refractivity contribution in [3.05, 3.63) is 83.8 Å². The molecule has 9 nitrogen and oxygen atoms in total. The lowest BCUT2D eigenvalue weighted by atomic mass is 10.0. The second-order valence-electron chi connectivity index (χ2n) is 10.7. The highest BCUT2D eigenvalue weighted by Gasteiger charge is 2.43. The van der Waals surface area contributed by atoms with Gasteiger partial charge in [0.15, 0.2) is 5.78 Å². The molecule has 1 saturated heterocycles. The van der Waals surface area contributed by atoms with E-state index in [1.54, 1.807) is 31.1 Å². The van der Waals surface area contributed by atoms with Crippen molar-refractivity contribution in [2.75, 3.05) is 6.54 Å². The van der Waals surface area contributed by atoms with Gasteiger partial charge in [-0.3, -0.25) is 19.1 Å². The number of carbonyl (C=O) groups is 3. The Morgan fingerprint density at radius 2 is 1.74 bits per heavy atom. The molecule has 0 spiro atoms. The smallest absolute Gasteiger partial charge is 0.245 e. The Morgan fingerprint density at radius 1 is 1.05 bits per heavy atom. The van der Waals surface area contributed by atoms with Gasteiger partial charge in [0.1, 0.15) is 29.9 Å². The lowest BCUT2D eigenvalue weighted by Crippen LogP contribution is -2.49. The summed E-state index contributed by atoms with van der Waals surface area (Å²) in [5.74, 6) is -0.727.